The lowest BCUT2D eigenvalue weighted by molar-refractivity contribution is -0.139. The van der Waals surface area contributed by atoms with Crippen LogP contribution < -0.4 is 16.4 Å². The summed E-state index contributed by atoms with van der Waals surface area (Å²) in [6, 6.07) is -2.42. The maximum Gasteiger partial charge on any atom is 0.322 e. The summed E-state index contributed by atoms with van der Waals surface area (Å²) in [5, 5.41) is 30.8. The Morgan fingerprint density at radius 3 is 2.26 bits per heavy atom. The molecule has 0 radical (unpaired) electrons. The van der Waals surface area contributed by atoms with Crippen LogP contribution in [0.3, 0.4) is 0 Å². The molecule has 0 aliphatic rings. The fourth-order valence-electron chi connectivity index (χ4n) is 1.76. The number of carboxylic acids is 2. The van der Waals surface area contributed by atoms with Gasteiger partial charge in [0.25, 0.3) is 0 Å². The van der Waals surface area contributed by atoms with Crippen LogP contribution in [0.4, 0.5) is 0 Å². The first kappa shape index (κ1) is 24.8. The van der Waals surface area contributed by atoms with Gasteiger partial charge in [-0.15, -0.1) is 11.8 Å². The fourth-order valence-corrected chi connectivity index (χ4v) is 2.88. The van der Waals surface area contributed by atoms with Gasteiger partial charge in [-0.3, -0.25) is 19.2 Å². The van der Waals surface area contributed by atoms with Crippen molar-refractivity contribution >= 4 is 41.8 Å². The third-order valence-electron chi connectivity index (χ3n) is 3.33. The molecule has 154 valence electrons. The summed E-state index contributed by atoms with van der Waals surface area (Å²) in [6.45, 7) is 2.15. The molecule has 0 bridgehead atoms. The third kappa shape index (κ3) is 10.5. The Hall–Kier alpha value is -2.18. The summed E-state index contributed by atoms with van der Waals surface area (Å²) in [6.07, 6.45) is 0.0897. The van der Waals surface area contributed by atoms with Gasteiger partial charge in [0.1, 0.15) is 24.9 Å². The number of aliphatic hydroxyl groups is 1. The highest BCUT2D eigenvalue weighted by Gasteiger charge is 2.30. The molecule has 11 nitrogen and oxygen atoms in total. The van der Waals surface area contributed by atoms with Crippen LogP contribution in [0.2, 0.25) is 0 Å². The van der Waals surface area contributed by atoms with E-state index in [1.54, 1.807) is 0 Å². The molecule has 0 spiro atoms. The van der Waals surface area contributed by atoms with Crippen molar-refractivity contribution in [2.75, 3.05) is 12.3 Å². The first-order valence-corrected chi connectivity index (χ1v) is 8.99. The molecule has 0 heterocycles. The molecule has 0 rings (SSSR count). The topological polar surface area (TPSA) is 196 Å². The lowest BCUT2D eigenvalue weighted by Crippen LogP contribution is -2.50. The summed E-state index contributed by atoms with van der Waals surface area (Å²) < 4.78 is 0. The number of nitrogens with two attached hydrogens (primary N) is 1. The Bertz CT molecular complexity index is 564. The van der Waals surface area contributed by atoms with Crippen molar-refractivity contribution in [3.8, 4) is 0 Å². The van der Waals surface area contributed by atoms with Crippen LogP contribution in [-0.4, -0.2) is 80.6 Å². The zero-order valence-electron chi connectivity index (χ0n) is 15.0. The van der Waals surface area contributed by atoms with E-state index < -0.39 is 53.2 Å². The molecule has 3 unspecified atom stereocenters. The van der Waals surface area contributed by atoms with Gasteiger partial charge in [0, 0.05) is 12.2 Å². The summed E-state index contributed by atoms with van der Waals surface area (Å²) in [4.78, 5) is 56.4. The number of rotatable bonds is 13. The number of aldehydes is 1. The standard InChI is InChI=1S/C15H25N3O8S/c1-15(2,26)10(6-19)27-7-9(13(23)17-5-12(21)22)18-11(20)4-3-8(16)14(24)25/h6,8-10,26H,3-5,7,16H2,1-2H3,(H,17,23)(H,18,20)(H,21,22)(H,24,25). The summed E-state index contributed by atoms with van der Waals surface area (Å²) in [5.41, 5.74) is 3.94. The summed E-state index contributed by atoms with van der Waals surface area (Å²) in [7, 11) is 0. The molecule has 2 amide bonds. The van der Waals surface area contributed by atoms with E-state index in [0.717, 1.165) is 11.8 Å². The van der Waals surface area contributed by atoms with E-state index in [1.807, 2.05) is 0 Å². The van der Waals surface area contributed by atoms with Crippen molar-refractivity contribution < 1.29 is 39.3 Å². The molecule has 0 saturated heterocycles. The number of carbonyl (C=O) groups excluding carboxylic acids is 3. The molecule has 0 aliphatic heterocycles. The van der Waals surface area contributed by atoms with Crippen LogP contribution in [0.15, 0.2) is 0 Å². The first-order chi connectivity index (χ1) is 12.4. The van der Waals surface area contributed by atoms with Crippen LogP contribution in [-0.2, 0) is 24.0 Å². The Morgan fingerprint density at radius 1 is 1.22 bits per heavy atom. The average Bonchev–Trinajstić information content (AvgIpc) is 2.55. The quantitative estimate of drug-likeness (QED) is 0.185. The zero-order chi connectivity index (χ0) is 21.2. The van der Waals surface area contributed by atoms with Gasteiger partial charge in [0.2, 0.25) is 11.8 Å². The van der Waals surface area contributed by atoms with Gasteiger partial charge in [-0.1, -0.05) is 0 Å². The van der Waals surface area contributed by atoms with E-state index in [4.69, 9.17) is 15.9 Å². The minimum atomic E-state index is -1.37. The number of thioether (sulfide) groups is 1. The molecule has 0 fully saturated rings. The Kier molecular flexibility index (Phi) is 10.6. The smallest absolute Gasteiger partial charge is 0.322 e. The van der Waals surface area contributed by atoms with Gasteiger partial charge in [-0.2, -0.15) is 0 Å². The monoisotopic (exact) mass is 407 g/mol. The second kappa shape index (κ2) is 11.5. The minimum Gasteiger partial charge on any atom is -0.480 e. The van der Waals surface area contributed by atoms with Crippen LogP contribution in [0.1, 0.15) is 26.7 Å². The molecule has 0 aliphatic carbocycles. The number of carboxylic acid groups (broad SMARTS) is 2. The van der Waals surface area contributed by atoms with Crippen LogP contribution in [0.25, 0.3) is 0 Å². The van der Waals surface area contributed by atoms with Gasteiger partial charge in [0.05, 0.1) is 10.9 Å². The lowest BCUT2D eigenvalue weighted by Gasteiger charge is -2.26. The number of nitrogens with one attached hydrogen (secondary N) is 2. The van der Waals surface area contributed by atoms with Crippen molar-refractivity contribution in [1.82, 2.24) is 10.6 Å². The Labute approximate surface area is 160 Å². The van der Waals surface area contributed by atoms with Crippen molar-refractivity contribution in [2.24, 2.45) is 5.73 Å². The molecular formula is C15H25N3O8S. The maximum absolute atomic E-state index is 12.1. The second-order valence-electron chi connectivity index (χ2n) is 6.26. The fraction of sp³-hybridized carbons (Fsp3) is 0.667. The van der Waals surface area contributed by atoms with Crippen molar-refractivity contribution in [1.29, 1.82) is 0 Å². The summed E-state index contributed by atoms with van der Waals surface area (Å²) in [5.74, 6) is -4.12. The number of hydrogen-bond acceptors (Lipinski definition) is 8. The van der Waals surface area contributed by atoms with Gasteiger partial charge < -0.3 is 36.5 Å². The van der Waals surface area contributed by atoms with Gasteiger partial charge in [-0.25, -0.2) is 0 Å². The zero-order valence-corrected chi connectivity index (χ0v) is 15.8. The van der Waals surface area contributed by atoms with Crippen molar-refractivity contribution in [3.05, 3.63) is 0 Å². The predicted octanol–water partition coefficient (Wildman–Crippen LogP) is -2.06. The van der Waals surface area contributed by atoms with E-state index in [1.165, 1.54) is 13.8 Å². The normalized spacial score (nSPS) is 14.5. The lowest BCUT2D eigenvalue weighted by atomic mass is 10.1. The van der Waals surface area contributed by atoms with E-state index in [0.29, 0.717) is 6.29 Å². The predicted molar refractivity (Wildman–Crippen MR) is 96.0 cm³/mol. The maximum atomic E-state index is 12.1. The second-order valence-corrected chi connectivity index (χ2v) is 7.43. The molecule has 0 saturated carbocycles. The van der Waals surface area contributed by atoms with Gasteiger partial charge >= 0.3 is 11.9 Å². The Balaban J connectivity index is 4.94. The highest BCUT2D eigenvalue weighted by atomic mass is 32.2. The van der Waals surface area contributed by atoms with E-state index in [2.05, 4.69) is 10.6 Å². The van der Waals surface area contributed by atoms with Crippen LogP contribution in [0.5, 0.6) is 0 Å². The number of hydrogen-bond donors (Lipinski definition) is 6. The van der Waals surface area contributed by atoms with Gasteiger partial charge in [-0.05, 0) is 20.3 Å². The Morgan fingerprint density at radius 2 is 1.81 bits per heavy atom. The highest BCUT2D eigenvalue weighted by Crippen LogP contribution is 2.22. The van der Waals surface area contributed by atoms with Crippen LogP contribution >= 0.6 is 11.8 Å². The largest absolute Gasteiger partial charge is 0.480 e. The van der Waals surface area contributed by atoms with Gasteiger partial charge in [0.15, 0.2) is 0 Å². The SMILES string of the molecule is CC(C)(O)C(C=O)SCC(NC(=O)CCC(N)C(=O)O)C(=O)NCC(=O)O. The third-order valence-corrected chi connectivity index (χ3v) is 4.90. The molecule has 7 N–H and O–H groups in total. The molecule has 0 aromatic rings. The van der Waals surface area contributed by atoms with Crippen LogP contribution in [0, 0.1) is 0 Å². The molecule has 3 atom stereocenters. The van der Waals surface area contributed by atoms with Crippen molar-refractivity contribution in [3.63, 3.8) is 0 Å². The summed E-state index contributed by atoms with van der Waals surface area (Å²) >= 11 is 0.911. The first-order valence-electron chi connectivity index (χ1n) is 7.95. The number of aliphatic carboxylic acids is 2. The number of amides is 2. The van der Waals surface area contributed by atoms with E-state index in [-0.39, 0.29) is 18.6 Å². The molecule has 0 aromatic carbocycles. The van der Waals surface area contributed by atoms with E-state index in [9.17, 15) is 29.1 Å². The van der Waals surface area contributed by atoms with Crippen molar-refractivity contribution in [2.45, 2.75) is 49.6 Å². The molecular weight excluding hydrogens is 382 g/mol. The molecule has 27 heavy (non-hydrogen) atoms. The molecule has 12 heteroatoms. The number of carbonyl (C=O) groups is 5. The minimum absolute atomic E-state index is 0.116. The highest BCUT2D eigenvalue weighted by molar-refractivity contribution is 8.00. The van der Waals surface area contributed by atoms with E-state index >= 15 is 0 Å². The average molecular weight is 407 g/mol. The molecule has 0 aromatic heterocycles.